The molecule has 26 heavy (non-hydrogen) atoms. The fraction of sp³-hybridized carbons (Fsp3) is 0.182. The van der Waals surface area contributed by atoms with E-state index in [4.69, 9.17) is 9.47 Å². The van der Waals surface area contributed by atoms with Crippen LogP contribution in [0.2, 0.25) is 0 Å². The number of hydrogen-bond donors (Lipinski definition) is 2. The van der Waals surface area contributed by atoms with Crippen LogP contribution in [0.25, 0.3) is 22.3 Å². The van der Waals surface area contributed by atoms with Crippen molar-refractivity contribution in [2.75, 3.05) is 13.2 Å². The molecule has 3 aromatic rings. The Morgan fingerprint density at radius 1 is 0.615 bits per heavy atom. The van der Waals surface area contributed by atoms with E-state index in [9.17, 15) is 10.2 Å². The van der Waals surface area contributed by atoms with Gasteiger partial charge in [-0.2, -0.15) is 0 Å². The minimum Gasteiger partial charge on any atom is -0.507 e. The molecule has 0 aliphatic heterocycles. The average molecular weight is 350 g/mol. The monoisotopic (exact) mass is 350 g/mol. The van der Waals surface area contributed by atoms with E-state index < -0.39 is 0 Å². The van der Waals surface area contributed by atoms with Crippen molar-refractivity contribution in [2.24, 2.45) is 0 Å². The Labute approximate surface area is 153 Å². The van der Waals surface area contributed by atoms with Crippen molar-refractivity contribution in [3.8, 4) is 45.3 Å². The molecule has 0 aliphatic rings. The number of phenols is 2. The zero-order chi connectivity index (χ0) is 18.5. The van der Waals surface area contributed by atoms with Crippen LogP contribution in [0.5, 0.6) is 23.0 Å². The fourth-order valence-electron chi connectivity index (χ4n) is 2.83. The van der Waals surface area contributed by atoms with Gasteiger partial charge in [0.15, 0.2) is 0 Å². The van der Waals surface area contributed by atoms with Gasteiger partial charge in [0.25, 0.3) is 0 Å². The van der Waals surface area contributed by atoms with Gasteiger partial charge in [-0.25, -0.2) is 0 Å². The molecule has 134 valence electrons. The van der Waals surface area contributed by atoms with E-state index in [2.05, 4.69) is 0 Å². The Morgan fingerprint density at radius 3 is 1.27 bits per heavy atom. The molecule has 0 atom stereocenters. The van der Waals surface area contributed by atoms with Crippen LogP contribution in [0.15, 0.2) is 60.7 Å². The van der Waals surface area contributed by atoms with E-state index in [0.717, 1.165) is 22.6 Å². The maximum Gasteiger partial charge on any atom is 0.124 e. The predicted molar refractivity (Wildman–Crippen MR) is 103 cm³/mol. The molecule has 0 saturated heterocycles. The van der Waals surface area contributed by atoms with E-state index in [1.54, 1.807) is 12.1 Å². The minimum atomic E-state index is 0.107. The zero-order valence-corrected chi connectivity index (χ0v) is 14.9. The van der Waals surface area contributed by atoms with Gasteiger partial charge in [0.05, 0.1) is 13.2 Å². The average Bonchev–Trinajstić information content (AvgIpc) is 2.65. The summed E-state index contributed by atoms with van der Waals surface area (Å²) in [4.78, 5) is 0. The number of ether oxygens (including phenoxy) is 2. The van der Waals surface area contributed by atoms with E-state index in [0.29, 0.717) is 24.3 Å². The molecule has 0 aromatic heterocycles. The van der Waals surface area contributed by atoms with Gasteiger partial charge in [0.1, 0.15) is 23.0 Å². The Balaban J connectivity index is 1.92. The molecule has 0 fully saturated rings. The number of phenolic OH excluding ortho intramolecular Hbond substituents is 2. The second-order valence-electron chi connectivity index (χ2n) is 5.80. The second kappa shape index (κ2) is 7.83. The number of rotatable bonds is 6. The number of hydrogen-bond acceptors (Lipinski definition) is 4. The van der Waals surface area contributed by atoms with E-state index in [1.807, 2.05) is 62.4 Å². The molecule has 0 bridgehead atoms. The van der Waals surface area contributed by atoms with Crippen molar-refractivity contribution in [3.05, 3.63) is 60.7 Å². The Kier molecular flexibility index (Phi) is 5.32. The molecule has 0 heterocycles. The van der Waals surface area contributed by atoms with Crippen LogP contribution in [0, 0.1) is 0 Å². The summed E-state index contributed by atoms with van der Waals surface area (Å²) < 4.78 is 10.9. The highest BCUT2D eigenvalue weighted by Gasteiger charge is 2.12. The molecule has 4 heteroatoms. The lowest BCUT2D eigenvalue weighted by molar-refractivity contribution is 0.340. The van der Waals surface area contributed by atoms with Crippen LogP contribution < -0.4 is 9.47 Å². The van der Waals surface area contributed by atoms with Crippen LogP contribution in [0.1, 0.15) is 13.8 Å². The smallest absolute Gasteiger partial charge is 0.124 e. The first-order valence-electron chi connectivity index (χ1n) is 8.64. The van der Waals surface area contributed by atoms with Crippen LogP contribution in [0.4, 0.5) is 0 Å². The van der Waals surface area contributed by atoms with Gasteiger partial charge >= 0.3 is 0 Å². The lowest BCUT2D eigenvalue weighted by atomic mass is 9.98. The maximum atomic E-state index is 10.5. The summed E-state index contributed by atoms with van der Waals surface area (Å²) >= 11 is 0. The summed E-state index contributed by atoms with van der Waals surface area (Å²) in [7, 11) is 0. The van der Waals surface area contributed by atoms with Gasteiger partial charge in [-0.15, -0.1) is 0 Å². The first-order valence-corrected chi connectivity index (χ1v) is 8.64. The number of benzene rings is 3. The molecule has 0 saturated carbocycles. The van der Waals surface area contributed by atoms with Gasteiger partial charge < -0.3 is 19.7 Å². The number of aromatic hydroxyl groups is 2. The Hall–Kier alpha value is -3.14. The summed E-state index contributed by atoms with van der Waals surface area (Å²) in [5, 5.41) is 20.9. The Morgan fingerprint density at radius 2 is 0.962 bits per heavy atom. The maximum absolute atomic E-state index is 10.5. The van der Waals surface area contributed by atoms with Crippen molar-refractivity contribution >= 4 is 0 Å². The molecule has 3 rings (SSSR count). The lowest BCUT2D eigenvalue weighted by Gasteiger charge is -2.12. The molecule has 0 aliphatic carbocycles. The fourth-order valence-corrected chi connectivity index (χ4v) is 2.83. The molecule has 0 spiro atoms. The van der Waals surface area contributed by atoms with Crippen LogP contribution >= 0.6 is 0 Å². The Bertz CT molecular complexity index is 793. The third-order valence-electron chi connectivity index (χ3n) is 4.07. The molecular formula is C22H22O4. The molecule has 2 N–H and O–H groups in total. The predicted octanol–water partition coefficient (Wildman–Crippen LogP) is 5.23. The van der Waals surface area contributed by atoms with Crippen LogP contribution in [-0.2, 0) is 0 Å². The summed E-state index contributed by atoms with van der Waals surface area (Å²) in [6, 6.07) is 18.0. The highest BCUT2D eigenvalue weighted by atomic mass is 16.5. The van der Waals surface area contributed by atoms with Crippen molar-refractivity contribution in [2.45, 2.75) is 13.8 Å². The topological polar surface area (TPSA) is 58.9 Å². The van der Waals surface area contributed by atoms with Crippen molar-refractivity contribution in [1.82, 2.24) is 0 Å². The van der Waals surface area contributed by atoms with Crippen molar-refractivity contribution < 1.29 is 19.7 Å². The zero-order valence-electron chi connectivity index (χ0n) is 14.9. The van der Waals surface area contributed by atoms with Gasteiger partial charge in [-0.3, -0.25) is 0 Å². The van der Waals surface area contributed by atoms with E-state index in [-0.39, 0.29) is 11.5 Å². The van der Waals surface area contributed by atoms with Crippen molar-refractivity contribution in [3.63, 3.8) is 0 Å². The van der Waals surface area contributed by atoms with Crippen molar-refractivity contribution in [1.29, 1.82) is 0 Å². The quantitative estimate of drug-likeness (QED) is 0.598. The SMILES string of the molecule is CCOc1ccc(-c2cc(O)c(-c3ccc(OCC)cc3)cc2O)cc1. The van der Waals surface area contributed by atoms with Gasteiger partial charge in [-0.05, 0) is 61.4 Å². The van der Waals surface area contributed by atoms with E-state index >= 15 is 0 Å². The van der Waals surface area contributed by atoms with Crippen LogP contribution in [0.3, 0.4) is 0 Å². The summed E-state index contributed by atoms with van der Waals surface area (Å²) in [5.74, 6) is 1.75. The summed E-state index contributed by atoms with van der Waals surface area (Å²) in [6.45, 7) is 5.05. The third-order valence-corrected chi connectivity index (χ3v) is 4.07. The molecule has 0 unspecified atom stereocenters. The highest BCUT2D eigenvalue weighted by molar-refractivity contribution is 5.80. The molecule has 4 nitrogen and oxygen atoms in total. The highest BCUT2D eigenvalue weighted by Crippen LogP contribution is 2.40. The largest absolute Gasteiger partial charge is 0.507 e. The first-order chi connectivity index (χ1) is 12.6. The first kappa shape index (κ1) is 17.7. The second-order valence-corrected chi connectivity index (χ2v) is 5.80. The van der Waals surface area contributed by atoms with Gasteiger partial charge in [0.2, 0.25) is 0 Å². The van der Waals surface area contributed by atoms with Crippen LogP contribution in [-0.4, -0.2) is 23.4 Å². The molecule has 0 amide bonds. The summed E-state index contributed by atoms with van der Waals surface area (Å²) in [6.07, 6.45) is 0. The van der Waals surface area contributed by atoms with Gasteiger partial charge in [-0.1, -0.05) is 24.3 Å². The minimum absolute atomic E-state index is 0.107. The molecule has 3 aromatic carbocycles. The molecule has 0 radical (unpaired) electrons. The normalized spacial score (nSPS) is 10.5. The standard InChI is InChI=1S/C22H22O4/c1-3-25-17-9-5-15(6-10-17)19-13-22(24)20(14-21(19)23)16-7-11-18(12-8-16)26-4-2/h5-14,23-24H,3-4H2,1-2H3. The summed E-state index contributed by atoms with van der Waals surface area (Å²) in [5.41, 5.74) is 2.75. The molecular weight excluding hydrogens is 328 g/mol. The third kappa shape index (κ3) is 3.75. The lowest BCUT2D eigenvalue weighted by Crippen LogP contribution is -1.91. The van der Waals surface area contributed by atoms with E-state index in [1.165, 1.54) is 0 Å². The van der Waals surface area contributed by atoms with Gasteiger partial charge in [0, 0.05) is 11.1 Å².